The van der Waals surface area contributed by atoms with Gasteiger partial charge < -0.3 is 28.5 Å². The number of amides is 3. The molecule has 1 fully saturated rings. The number of nitro benzene ring substituents is 1. The van der Waals surface area contributed by atoms with Crippen LogP contribution in [0.5, 0.6) is 5.75 Å². The highest BCUT2D eigenvalue weighted by molar-refractivity contribution is 6.72. The van der Waals surface area contributed by atoms with E-state index < -0.39 is 48.4 Å². The molecule has 4 aliphatic rings. The van der Waals surface area contributed by atoms with E-state index in [9.17, 15) is 29.6 Å². The minimum Gasteiger partial charge on any atom is -0.482 e. The van der Waals surface area contributed by atoms with E-state index in [-0.39, 0.29) is 55.8 Å². The molecular weight excluding hydrogens is 724 g/mol. The van der Waals surface area contributed by atoms with Gasteiger partial charge in [-0.05, 0) is 66.5 Å². The van der Waals surface area contributed by atoms with Gasteiger partial charge in [0.25, 0.3) is 17.5 Å². The molecule has 0 unspecified atom stereocenters. The van der Waals surface area contributed by atoms with Crippen LogP contribution in [0, 0.1) is 16.0 Å². The Balaban J connectivity index is 1.12. The fraction of sp³-hybridized carbons (Fsp3) is 0.341. The summed E-state index contributed by atoms with van der Waals surface area (Å²) in [5.74, 6) is -1.24. The van der Waals surface area contributed by atoms with Gasteiger partial charge in [-0.1, -0.05) is 55.5 Å². The van der Waals surface area contributed by atoms with Crippen molar-refractivity contribution in [3.63, 3.8) is 0 Å². The number of fused-ring (bicyclic) bond motifs is 4. The van der Waals surface area contributed by atoms with Gasteiger partial charge in [-0.25, -0.2) is 0 Å². The van der Waals surface area contributed by atoms with Crippen LogP contribution in [0.3, 0.4) is 0 Å². The minimum absolute atomic E-state index is 0.0610. The summed E-state index contributed by atoms with van der Waals surface area (Å²) in [6, 6.07) is 25.9. The van der Waals surface area contributed by atoms with Gasteiger partial charge in [0.05, 0.1) is 48.0 Å². The Hall–Kier alpha value is -5.44. The number of rotatable bonds is 8. The van der Waals surface area contributed by atoms with Crippen LogP contribution in [0.25, 0.3) is 0 Å². The first-order valence-corrected chi connectivity index (χ1v) is 21.4. The lowest BCUT2D eigenvalue weighted by atomic mass is 9.82. The second kappa shape index (κ2) is 13.7. The summed E-state index contributed by atoms with van der Waals surface area (Å²) in [6.45, 7) is 4.80. The van der Waals surface area contributed by atoms with Crippen molar-refractivity contribution in [2.24, 2.45) is 5.92 Å². The van der Waals surface area contributed by atoms with Crippen molar-refractivity contribution >= 4 is 48.9 Å². The van der Waals surface area contributed by atoms with Crippen LogP contribution in [0.2, 0.25) is 18.6 Å². The van der Waals surface area contributed by atoms with Crippen molar-refractivity contribution in [1.29, 1.82) is 0 Å². The molecule has 3 amide bonds. The van der Waals surface area contributed by atoms with Gasteiger partial charge in [0.1, 0.15) is 5.75 Å². The molecule has 0 aromatic heterocycles. The summed E-state index contributed by atoms with van der Waals surface area (Å²) >= 11 is 0. The van der Waals surface area contributed by atoms with E-state index in [1.807, 2.05) is 36.4 Å². The number of carbonyl (C=O) groups is 3. The maximum Gasteiger partial charge on any atom is 0.269 e. The Morgan fingerprint density at radius 2 is 1.71 bits per heavy atom. The summed E-state index contributed by atoms with van der Waals surface area (Å²) in [7, 11) is -3.67. The SMILES string of the molecule is C[C@@H]1[C@@H]([Si](C)(C)F)[C@H](CC(=O)N2Cc3ccccc3C[C@H]2CO)O[C@@]12C(=O)N(Cc1ccc(N3C(=O)COc4ccccc43)cc1)c1ccc([N+](=O)[O-])cc12. The van der Waals surface area contributed by atoms with Crippen LogP contribution in [0.1, 0.15) is 35.6 Å². The normalized spacial score (nSPS) is 24.4. The minimum atomic E-state index is -3.67. The summed E-state index contributed by atoms with van der Waals surface area (Å²) < 4.78 is 28.9. The van der Waals surface area contributed by atoms with Gasteiger partial charge in [-0.2, -0.15) is 0 Å². The number of aliphatic hydroxyl groups is 1. The predicted octanol–water partition coefficient (Wildman–Crippen LogP) is 6.31. The topological polar surface area (TPSA) is 143 Å². The van der Waals surface area contributed by atoms with Crippen LogP contribution >= 0.6 is 0 Å². The number of anilines is 3. The van der Waals surface area contributed by atoms with E-state index in [1.54, 1.807) is 53.1 Å². The summed E-state index contributed by atoms with van der Waals surface area (Å²) in [5.41, 5.74) is 1.78. The van der Waals surface area contributed by atoms with Crippen LogP contribution in [-0.4, -0.2) is 66.4 Å². The number of carbonyl (C=O) groups excluding carboxylic acids is 3. The van der Waals surface area contributed by atoms with E-state index in [1.165, 1.54) is 36.2 Å². The van der Waals surface area contributed by atoms with Crippen molar-refractivity contribution in [1.82, 2.24) is 4.90 Å². The lowest BCUT2D eigenvalue weighted by Gasteiger charge is -2.37. The number of hydrogen-bond donors (Lipinski definition) is 1. The van der Waals surface area contributed by atoms with Gasteiger partial charge in [0.15, 0.2) is 12.2 Å². The second-order valence-corrected chi connectivity index (χ2v) is 19.1. The fourth-order valence-corrected chi connectivity index (χ4v) is 11.6. The average molecular weight is 765 g/mol. The van der Waals surface area contributed by atoms with E-state index in [0.717, 1.165) is 11.1 Å². The number of nitrogens with zero attached hydrogens (tertiary/aromatic N) is 4. The number of hydrogen-bond acceptors (Lipinski definition) is 8. The molecule has 12 nitrogen and oxygen atoms in total. The molecule has 4 aromatic carbocycles. The molecule has 1 saturated heterocycles. The Kier molecular flexibility index (Phi) is 9.09. The zero-order chi connectivity index (χ0) is 38.8. The van der Waals surface area contributed by atoms with E-state index in [4.69, 9.17) is 9.47 Å². The Morgan fingerprint density at radius 1 is 1.00 bits per heavy atom. The quantitative estimate of drug-likeness (QED) is 0.0953. The van der Waals surface area contributed by atoms with Gasteiger partial charge in [0, 0.05) is 41.4 Å². The number of nitro groups is 1. The smallest absolute Gasteiger partial charge is 0.269 e. The number of aliphatic hydroxyl groups excluding tert-OH is 1. The first-order chi connectivity index (χ1) is 26.3. The monoisotopic (exact) mass is 764 g/mol. The highest BCUT2D eigenvalue weighted by atomic mass is 28.4. The van der Waals surface area contributed by atoms with Gasteiger partial charge in [-0.3, -0.25) is 29.4 Å². The van der Waals surface area contributed by atoms with E-state index in [0.29, 0.717) is 34.8 Å². The molecular formula is C41H41FN4O8Si. The van der Waals surface area contributed by atoms with Crippen molar-refractivity contribution in [2.45, 2.75) is 69.2 Å². The Bertz CT molecular complexity index is 2210. The standard InChI is InChI=1S/C41H41FN4O8Si/c1-25-39(55(2,3)42)36(20-37(48)43-22-28-9-5-4-8-27(28)18-31(43)23-47)54-41(25)32-19-30(46(51)52)16-17-33(32)44(40(41)50)21-26-12-14-29(15-13-26)45-34-10-6-7-11-35(34)53-24-38(45)49/h4-17,19,25,31,36,39,47H,18,20-24H2,1-3H3/t25-,31+,36+,39-,41+/m1/s1. The summed E-state index contributed by atoms with van der Waals surface area (Å²) in [6.07, 6.45) is -0.758. The van der Waals surface area contributed by atoms with Gasteiger partial charge >= 0.3 is 0 Å². The average Bonchev–Trinajstić information content (AvgIpc) is 3.60. The maximum absolute atomic E-state index is 16.6. The molecule has 4 aliphatic heterocycles. The lowest BCUT2D eigenvalue weighted by molar-refractivity contribution is -0.385. The van der Waals surface area contributed by atoms with Crippen LogP contribution in [0.15, 0.2) is 91.0 Å². The lowest BCUT2D eigenvalue weighted by Crippen LogP contribution is -2.48. The number of benzene rings is 4. The first kappa shape index (κ1) is 36.5. The number of halogens is 1. The summed E-state index contributed by atoms with van der Waals surface area (Å²) in [5, 5.41) is 22.3. The molecule has 8 rings (SSSR count). The van der Waals surface area contributed by atoms with Crippen molar-refractivity contribution in [2.75, 3.05) is 23.0 Å². The van der Waals surface area contributed by atoms with Crippen LogP contribution < -0.4 is 14.5 Å². The highest BCUT2D eigenvalue weighted by Crippen LogP contribution is 2.61. The van der Waals surface area contributed by atoms with Crippen molar-refractivity contribution in [3.8, 4) is 5.75 Å². The van der Waals surface area contributed by atoms with Crippen LogP contribution in [0.4, 0.5) is 26.9 Å². The van der Waals surface area contributed by atoms with Crippen LogP contribution in [-0.2, 0) is 44.2 Å². The van der Waals surface area contributed by atoms with E-state index in [2.05, 4.69) is 0 Å². The molecule has 0 aliphatic carbocycles. The molecule has 0 saturated carbocycles. The molecule has 55 heavy (non-hydrogen) atoms. The first-order valence-electron chi connectivity index (χ1n) is 18.4. The third kappa shape index (κ3) is 6.08. The van der Waals surface area contributed by atoms with Crippen molar-refractivity contribution in [3.05, 3.63) is 123 Å². The molecule has 14 heteroatoms. The zero-order valence-corrected chi connectivity index (χ0v) is 31.7. The highest BCUT2D eigenvalue weighted by Gasteiger charge is 2.67. The molecule has 5 atom stereocenters. The molecule has 0 radical (unpaired) electrons. The van der Waals surface area contributed by atoms with Gasteiger partial charge in [-0.15, -0.1) is 0 Å². The summed E-state index contributed by atoms with van der Waals surface area (Å²) in [4.78, 5) is 58.2. The van der Waals surface area contributed by atoms with E-state index >= 15 is 4.11 Å². The maximum atomic E-state index is 16.6. The Morgan fingerprint density at radius 3 is 2.42 bits per heavy atom. The predicted molar refractivity (Wildman–Crippen MR) is 204 cm³/mol. The molecule has 0 bridgehead atoms. The molecule has 4 aromatic rings. The number of ether oxygens (including phenoxy) is 2. The van der Waals surface area contributed by atoms with Gasteiger partial charge in [0.2, 0.25) is 14.3 Å². The fourth-order valence-electron chi connectivity index (χ4n) is 9.16. The zero-order valence-electron chi connectivity index (χ0n) is 30.7. The molecule has 284 valence electrons. The second-order valence-electron chi connectivity index (χ2n) is 15.3. The number of non-ortho nitro benzene ring substituents is 1. The molecule has 1 N–H and O–H groups in total. The third-order valence-corrected chi connectivity index (χ3v) is 14.1. The molecule has 4 heterocycles. The largest absolute Gasteiger partial charge is 0.482 e. The third-order valence-electron chi connectivity index (χ3n) is 11.7. The molecule has 1 spiro atoms. The van der Waals surface area contributed by atoms with Crippen molar-refractivity contribution < 1.29 is 38.0 Å². The number of para-hydroxylation sites is 2. The Labute approximate surface area is 318 Å².